The van der Waals surface area contributed by atoms with Crippen molar-refractivity contribution < 1.29 is 9.47 Å². The molecule has 0 saturated heterocycles. The van der Waals surface area contributed by atoms with Crippen LogP contribution in [0.4, 0.5) is 5.82 Å². The van der Waals surface area contributed by atoms with Gasteiger partial charge in [0.1, 0.15) is 5.82 Å². The summed E-state index contributed by atoms with van der Waals surface area (Å²) in [5.74, 6) is 2.00. The molecule has 18 heavy (non-hydrogen) atoms. The van der Waals surface area contributed by atoms with Crippen molar-refractivity contribution in [2.75, 3.05) is 19.1 Å². The summed E-state index contributed by atoms with van der Waals surface area (Å²) in [5, 5.41) is 0.569. The van der Waals surface area contributed by atoms with Gasteiger partial charge in [-0.05, 0) is 18.4 Å². The molecule has 0 saturated carbocycles. The van der Waals surface area contributed by atoms with Gasteiger partial charge in [0.25, 0.3) is 0 Å². The molecule has 1 aromatic heterocycles. The van der Waals surface area contributed by atoms with Gasteiger partial charge in [0.15, 0.2) is 16.7 Å². The molecule has 6 heteroatoms. The first-order valence-corrected chi connectivity index (χ1v) is 6.45. The second-order valence-corrected chi connectivity index (χ2v) is 4.14. The van der Waals surface area contributed by atoms with E-state index in [0.29, 0.717) is 28.4 Å². The topological polar surface area (TPSA) is 70.3 Å². The van der Waals surface area contributed by atoms with Gasteiger partial charge < -0.3 is 15.2 Å². The normalized spacial score (nSPS) is 10.1. The number of hydrogen-bond acceptors (Lipinski definition) is 6. The van der Waals surface area contributed by atoms with Crippen LogP contribution in [0.25, 0.3) is 0 Å². The lowest BCUT2D eigenvalue weighted by atomic mass is 10.3. The SMILES string of the molecule is COc1ccccc1Oc1cc(N)nc(SC)n1. The molecule has 0 aliphatic carbocycles. The standard InChI is InChI=1S/C12H13N3O2S/c1-16-8-5-3-4-6-9(8)17-11-7-10(13)14-12(15-11)18-2/h3-7H,1-2H3,(H2,13,14,15). The van der Waals surface area contributed by atoms with E-state index in [-0.39, 0.29) is 0 Å². The Morgan fingerprint density at radius 2 is 1.89 bits per heavy atom. The van der Waals surface area contributed by atoms with Crippen molar-refractivity contribution in [1.82, 2.24) is 9.97 Å². The predicted octanol–water partition coefficient (Wildman–Crippen LogP) is 2.58. The third-order valence-electron chi connectivity index (χ3n) is 2.17. The average Bonchev–Trinajstić information content (AvgIpc) is 2.38. The third kappa shape index (κ3) is 2.84. The molecule has 0 spiro atoms. The minimum Gasteiger partial charge on any atom is -0.493 e. The fraction of sp³-hybridized carbons (Fsp3) is 0.167. The first-order chi connectivity index (χ1) is 8.72. The summed E-state index contributed by atoms with van der Waals surface area (Å²) >= 11 is 1.40. The number of nitrogens with zero attached hydrogens (tertiary/aromatic N) is 2. The Hall–Kier alpha value is -1.95. The van der Waals surface area contributed by atoms with Crippen LogP contribution in [0.3, 0.4) is 0 Å². The van der Waals surface area contributed by atoms with Gasteiger partial charge in [0, 0.05) is 6.07 Å². The van der Waals surface area contributed by atoms with Gasteiger partial charge >= 0.3 is 0 Å². The molecule has 0 atom stereocenters. The van der Waals surface area contributed by atoms with E-state index in [1.165, 1.54) is 11.8 Å². The number of nitrogen functional groups attached to an aromatic ring is 1. The van der Waals surface area contributed by atoms with Gasteiger partial charge in [-0.3, -0.25) is 0 Å². The largest absolute Gasteiger partial charge is 0.493 e. The monoisotopic (exact) mass is 263 g/mol. The van der Waals surface area contributed by atoms with Crippen LogP contribution in [0.1, 0.15) is 0 Å². The molecule has 2 aromatic rings. The van der Waals surface area contributed by atoms with Crippen molar-refractivity contribution in [1.29, 1.82) is 0 Å². The molecule has 0 aliphatic heterocycles. The highest BCUT2D eigenvalue weighted by Crippen LogP contribution is 2.30. The first-order valence-electron chi connectivity index (χ1n) is 5.22. The summed E-state index contributed by atoms with van der Waals surface area (Å²) in [7, 11) is 1.59. The van der Waals surface area contributed by atoms with Crippen LogP contribution in [0.15, 0.2) is 35.5 Å². The van der Waals surface area contributed by atoms with Crippen LogP contribution in [0.5, 0.6) is 17.4 Å². The number of thioether (sulfide) groups is 1. The number of para-hydroxylation sites is 2. The zero-order chi connectivity index (χ0) is 13.0. The van der Waals surface area contributed by atoms with E-state index < -0.39 is 0 Å². The van der Waals surface area contributed by atoms with Gasteiger partial charge in [-0.15, -0.1) is 0 Å². The molecule has 2 rings (SSSR count). The van der Waals surface area contributed by atoms with E-state index in [2.05, 4.69) is 9.97 Å². The van der Waals surface area contributed by atoms with Gasteiger partial charge in [0.05, 0.1) is 7.11 Å². The van der Waals surface area contributed by atoms with E-state index in [9.17, 15) is 0 Å². The highest BCUT2D eigenvalue weighted by Gasteiger charge is 2.07. The van der Waals surface area contributed by atoms with Gasteiger partial charge in [-0.1, -0.05) is 23.9 Å². The van der Waals surface area contributed by atoms with Gasteiger partial charge in [0.2, 0.25) is 5.88 Å². The van der Waals surface area contributed by atoms with Crippen molar-refractivity contribution >= 4 is 17.6 Å². The van der Waals surface area contributed by atoms with Crippen LogP contribution in [-0.2, 0) is 0 Å². The average molecular weight is 263 g/mol. The van der Waals surface area contributed by atoms with Gasteiger partial charge in [-0.2, -0.15) is 4.98 Å². The lowest BCUT2D eigenvalue weighted by Crippen LogP contribution is -1.98. The highest BCUT2D eigenvalue weighted by molar-refractivity contribution is 7.98. The molecule has 0 bridgehead atoms. The molecule has 1 heterocycles. The van der Waals surface area contributed by atoms with Crippen LogP contribution in [-0.4, -0.2) is 23.3 Å². The molecule has 5 nitrogen and oxygen atoms in total. The summed E-state index contributed by atoms with van der Waals surface area (Å²) in [6, 6.07) is 8.92. The number of nitrogens with two attached hydrogens (primary N) is 1. The minimum atomic E-state index is 0.374. The van der Waals surface area contributed by atoms with E-state index in [4.69, 9.17) is 15.2 Å². The van der Waals surface area contributed by atoms with E-state index in [0.717, 1.165) is 0 Å². The fourth-order valence-corrected chi connectivity index (χ4v) is 1.76. The Balaban J connectivity index is 2.30. The van der Waals surface area contributed by atoms with Crippen LogP contribution < -0.4 is 15.2 Å². The first kappa shape index (κ1) is 12.5. The maximum Gasteiger partial charge on any atom is 0.225 e. The zero-order valence-corrected chi connectivity index (χ0v) is 10.9. The van der Waals surface area contributed by atoms with Crippen molar-refractivity contribution in [3.8, 4) is 17.4 Å². The molecule has 0 unspecified atom stereocenters. The summed E-state index contributed by atoms with van der Waals surface area (Å²) in [6.45, 7) is 0. The fourth-order valence-electron chi connectivity index (χ4n) is 1.38. The number of methoxy groups -OCH3 is 1. The molecule has 1 aromatic carbocycles. The Morgan fingerprint density at radius 3 is 2.56 bits per heavy atom. The van der Waals surface area contributed by atoms with E-state index in [1.54, 1.807) is 19.2 Å². The van der Waals surface area contributed by atoms with Crippen LogP contribution in [0.2, 0.25) is 0 Å². The molecule has 0 amide bonds. The lowest BCUT2D eigenvalue weighted by Gasteiger charge is -2.09. The van der Waals surface area contributed by atoms with Crippen molar-refractivity contribution in [2.45, 2.75) is 5.16 Å². The molecular formula is C12H13N3O2S. The summed E-state index contributed by atoms with van der Waals surface area (Å²) in [6.07, 6.45) is 1.88. The molecule has 2 N–H and O–H groups in total. The number of hydrogen-bond donors (Lipinski definition) is 1. The van der Waals surface area contributed by atoms with E-state index in [1.807, 2.05) is 24.5 Å². The zero-order valence-electron chi connectivity index (χ0n) is 10.1. The molecule has 0 radical (unpaired) electrons. The maximum absolute atomic E-state index is 5.68. The Morgan fingerprint density at radius 1 is 1.17 bits per heavy atom. The van der Waals surface area contributed by atoms with Crippen molar-refractivity contribution in [3.63, 3.8) is 0 Å². The Bertz CT molecular complexity index is 549. The lowest BCUT2D eigenvalue weighted by molar-refractivity contribution is 0.372. The number of benzene rings is 1. The minimum absolute atomic E-state index is 0.374. The molecule has 0 aliphatic rings. The smallest absolute Gasteiger partial charge is 0.225 e. The van der Waals surface area contributed by atoms with Crippen LogP contribution >= 0.6 is 11.8 Å². The van der Waals surface area contributed by atoms with E-state index >= 15 is 0 Å². The number of rotatable bonds is 4. The summed E-state index contributed by atoms with van der Waals surface area (Å²) in [5.41, 5.74) is 5.68. The third-order valence-corrected chi connectivity index (χ3v) is 2.72. The van der Waals surface area contributed by atoms with Crippen molar-refractivity contribution in [3.05, 3.63) is 30.3 Å². The van der Waals surface area contributed by atoms with Crippen molar-refractivity contribution in [2.24, 2.45) is 0 Å². The second-order valence-electron chi connectivity index (χ2n) is 3.37. The number of aromatic nitrogens is 2. The Kier molecular flexibility index (Phi) is 3.88. The quantitative estimate of drug-likeness (QED) is 0.675. The summed E-state index contributed by atoms with van der Waals surface area (Å²) < 4.78 is 10.9. The van der Waals surface area contributed by atoms with Gasteiger partial charge in [-0.25, -0.2) is 4.98 Å². The number of anilines is 1. The van der Waals surface area contributed by atoms with Crippen LogP contribution in [0, 0.1) is 0 Å². The summed E-state index contributed by atoms with van der Waals surface area (Å²) in [4.78, 5) is 8.27. The molecular weight excluding hydrogens is 250 g/mol. The maximum atomic E-state index is 5.68. The Labute approximate surface area is 109 Å². The molecule has 94 valence electrons. The highest BCUT2D eigenvalue weighted by atomic mass is 32.2. The molecule has 0 fully saturated rings. The predicted molar refractivity (Wildman–Crippen MR) is 71.3 cm³/mol. The second kappa shape index (κ2) is 5.59. The number of ether oxygens (including phenoxy) is 2.